The first-order valence-corrected chi connectivity index (χ1v) is 19.4. The van der Waals surface area contributed by atoms with Crippen molar-refractivity contribution in [3.8, 4) is 56.4 Å². The lowest BCUT2D eigenvalue weighted by Gasteiger charge is -2.11. The van der Waals surface area contributed by atoms with Crippen molar-refractivity contribution in [2.45, 2.75) is 0 Å². The second kappa shape index (κ2) is 12.8. The van der Waals surface area contributed by atoms with Gasteiger partial charge in [-0.3, -0.25) is 0 Å². The van der Waals surface area contributed by atoms with Crippen LogP contribution in [0.15, 0.2) is 197 Å². The minimum Gasteiger partial charge on any atom is -0.456 e. The zero-order valence-corrected chi connectivity index (χ0v) is 31.1. The largest absolute Gasteiger partial charge is 0.456 e. The normalized spacial score (nSPS) is 11.8. The zero-order valence-electron chi connectivity index (χ0n) is 31.1. The molecule has 0 aliphatic carbocycles. The summed E-state index contributed by atoms with van der Waals surface area (Å²) in [6, 6.07) is 65.1. The Morgan fingerprint density at radius 2 is 0.897 bits per heavy atom. The molecule has 0 aliphatic heterocycles. The van der Waals surface area contributed by atoms with E-state index in [1.54, 1.807) is 0 Å². The maximum atomic E-state index is 6.73. The van der Waals surface area contributed by atoms with E-state index in [0.717, 1.165) is 93.6 Å². The Bertz CT molecular complexity index is 3570. The monoisotopic (exact) mass is 741 g/mol. The smallest absolute Gasteiger partial charge is 0.164 e. The maximum absolute atomic E-state index is 6.73. The molecule has 0 saturated heterocycles. The summed E-state index contributed by atoms with van der Waals surface area (Å²) in [6.45, 7) is 0. The molecule has 12 aromatic rings. The molecule has 0 fully saturated rings. The van der Waals surface area contributed by atoms with E-state index in [4.69, 9.17) is 23.8 Å². The van der Waals surface area contributed by atoms with Crippen molar-refractivity contribution < 1.29 is 8.83 Å². The van der Waals surface area contributed by atoms with Crippen LogP contribution in [-0.4, -0.2) is 15.0 Å². The molecule has 0 aliphatic rings. The van der Waals surface area contributed by atoms with E-state index in [-0.39, 0.29) is 0 Å². The first-order chi connectivity index (χ1) is 28.7. The van der Waals surface area contributed by atoms with E-state index in [2.05, 4.69) is 158 Å². The minimum atomic E-state index is 0.577. The highest BCUT2D eigenvalue weighted by Crippen LogP contribution is 2.41. The van der Waals surface area contributed by atoms with Gasteiger partial charge >= 0.3 is 0 Å². The molecule has 5 heteroatoms. The number of hydrogen-bond acceptors (Lipinski definition) is 5. The Morgan fingerprint density at radius 1 is 0.293 bits per heavy atom. The second-order valence-electron chi connectivity index (χ2n) is 14.7. The van der Waals surface area contributed by atoms with Crippen LogP contribution in [0.2, 0.25) is 0 Å². The summed E-state index contributed by atoms with van der Waals surface area (Å²) in [5.41, 5.74) is 10.5. The van der Waals surface area contributed by atoms with Gasteiger partial charge in [-0.1, -0.05) is 158 Å². The molecule has 58 heavy (non-hydrogen) atoms. The molecule has 0 bridgehead atoms. The summed E-state index contributed by atoms with van der Waals surface area (Å²) in [6.07, 6.45) is 0. The van der Waals surface area contributed by atoms with Gasteiger partial charge in [0.15, 0.2) is 17.5 Å². The van der Waals surface area contributed by atoms with Gasteiger partial charge in [-0.05, 0) is 68.6 Å². The molecular formula is C53H31N3O2. The number of hydrogen-bond donors (Lipinski definition) is 0. The third kappa shape index (κ3) is 5.21. The van der Waals surface area contributed by atoms with Crippen LogP contribution in [0.3, 0.4) is 0 Å². The van der Waals surface area contributed by atoms with Gasteiger partial charge < -0.3 is 8.83 Å². The molecule has 0 spiro atoms. The number of furan rings is 2. The highest BCUT2D eigenvalue weighted by molar-refractivity contribution is 6.19. The van der Waals surface area contributed by atoms with E-state index in [0.29, 0.717) is 17.5 Å². The van der Waals surface area contributed by atoms with Crippen LogP contribution < -0.4 is 0 Å². The van der Waals surface area contributed by atoms with Gasteiger partial charge in [0.2, 0.25) is 0 Å². The van der Waals surface area contributed by atoms with E-state index in [9.17, 15) is 0 Å². The third-order valence-electron chi connectivity index (χ3n) is 11.3. The summed E-state index contributed by atoms with van der Waals surface area (Å²) < 4.78 is 12.9. The minimum absolute atomic E-state index is 0.577. The molecule has 0 unspecified atom stereocenters. The number of aromatic nitrogens is 3. The molecule has 3 aromatic heterocycles. The number of fused-ring (bicyclic) bond motifs is 9. The van der Waals surface area contributed by atoms with E-state index in [1.807, 2.05) is 30.3 Å². The summed E-state index contributed by atoms with van der Waals surface area (Å²) in [5.74, 6) is 1.76. The predicted molar refractivity (Wildman–Crippen MR) is 237 cm³/mol. The van der Waals surface area contributed by atoms with Crippen LogP contribution in [-0.2, 0) is 0 Å². The second-order valence-corrected chi connectivity index (χ2v) is 14.7. The molecule has 0 saturated carbocycles. The lowest BCUT2D eigenvalue weighted by molar-refractivity contribution is 0.669. The molecule has 12 rings (SSSR count). The SMILES string of the molecule is c1ccc(-c2ccc(-c3nc(-c4ccc5c(ccc6oc7ccccc7c65)c4)nc(-c4cccc5oc6c(-c7ccc8ccccc8c7)cccc6c45)n3)cc2)cc1. The van der Waals surface area contributed by atoms with Crippen LogP contribution in [0.5, 0.6) is 0 Å². The Labute approximate surface area is 332 Å². The highest BCUT2D eigenvalue weighted by atomic mass is 16.3. The fraction of sp³-hybridized carbons (Fsp3) is 0. The van der Waals surface area contributed by atoms with E-state index >= 15 is 0 Å². The van der Waals surface area contributed by atoms with Gasteiger partial charge in [0.1, 0.15) is 22.3 Å². The van der Waals surface area contributed by atoms with Crippen molar-refractivity contribution in [1.29, 1.82) is 0 Å². The fourth-order valence-corrected chi connectivity index (χ4v) is 8.51. The fourth-order valence-electron chi connectivity index (χ4n) is 8.51. The molecular weight excluding hydrogens is 711 g/mol. The van der Waals surface area contributed by atoms with Gasteiger partial charge in [-0.2, -0.15) is 0 Å². The van der Waals surface area contributed by atoms with Gasteiger partial charge in [-0.15, -0.1) is 0 Å². The van der Waals surface area contributed by atoms with Crippen LogP contribution in [0.1, 0.15) is 0 Å². The van der Waals surface area contributed by atoms with Gasteiger partial charge in [-0.25, -0.2) is 15.0 Å². The van der Waals surface area contributed by atoms with Gasteiger partial charge in [0, 0.05) is 43.8 Å². The molecule has 0 radical (unpaired) electrons. The molecule has 0 atom stereocenters. The molecule has 0 amide bonds. The zero-order chi connectivity index (χ0) is 38.2. The van der Waals surface area contributed by atoms with Crippen molar-refractivity contribution in [2.75, 3.05) is 0 Å². The maximum Gasteiger partial charge on any atom is 0.164 e. The van der Waals surface area contributed by atoms with Crippen LogP contribution in [0, 0.1) is 0 Å². The summed E-state index contributed by atoms with van der Waals surface area (Å²) >= 11 is 0. The summed E-state index contributed by atoms with van der Waals surface area (Å²) in [7, 11) is 0. The Morgan fingerprint density at radius 3 is 1.79 bits per heavy atom. The lowest BCUT2D eigenvalue weighted by atomic mass is 9.98. The Balaban J connectivity index is 1.05. The van der Waals surface area contributed by atoms with E-state index < -0.39 is 0 Å². The van der Waals surface area contributed by atoms with Gasteiger partial charge in [0.25, 0.3) is 0 Å². The van der Waals surface area contributed by atoms with Crippen LogP contribution in [0.25, 0.3) is 122 Å². The number of nitrogens with zero attached hydrogens (tertiary/aromatic N) is 3. The summed E-state index contributed by atoms with van der Waals surface area (Å²) in [5, 5.41) is 8.78. The van der Waals surface area contributed by atoms with Crippen molar-refractivity contribution in [1.82, 2.24) is 15.0 Å². The molecule has 270 valence electrons. The summed E-state index contributed by atoms with van der Waals surface area (Å²) in [4.78, 5) is 15.6. The topological polar surface area (TPSA) is 65.0 Å². The number of para-hydroxylation sites is 2. The van der Waals surface area contributed by atoms with Crippen molar-refractivity contribution in [3.63, 3.8) is 0 Å². The number of rotatable bonds is 5. The Hall–Kier alpha value is -7.89. The van der Waals surface area contributed by atoms with Crippen molar-refractivity contribution >= 4 is 65.4 Å². The van der Waals surface area contributed by atoms with E-state index in [1.165, 1.54) is 10.8 Å². The first-order valence-electron chi connectivity index (χ1n) is 19.4. The molecule has 3 heterocycles. The average Bonchev–Trinajstić information content (AvgIpc) is 3.88. The number of benzene rings is 9. The van der Waals surface area contributed by atoms with Crippen molar-refractivity contribution in [3.05, 3.63) is 188 Å². The predicted octanol–water partition coefficient (Wildman–Crippen LogP) is 14.3. The van der Waals surface area contributed by atoms with Gasteiger partial charge in [0.05, 0.1) is 0 Å². The highest BCUT2D eigenvalue weighted by Gasteiger charge is 2.20. The molecule has 0 N–H and O–H groups in total. The van der Waals surface area contributed by atoms with Crippen LogP contribution in [0.4, 0.5) is 0 Å². The standard InChI is InChI=1S/C53H31N3O2/c1-2-10-32(11-3-1)34-20-23-35(24-21-34)51-54-52(39-26-28-40-37(31-39)27-29-47-48(40)42-14-6-7-18-45(42)57-47)56-53(55-51)44-17-9-19-46-49(44)43-16-8-15-41(50(43)58-46)38-25-22-33-12-4-5-13-36(33)30-38/h1-31H. The quantitative estimate of drug-likeness (QED) is 0.176. The third-order valence-corrected chi connectivity index (χ3v) is 11.3. The van der Waals surface area contributed by atoms with Crippen molar-refractivity contribution in [2.24, 2.45) is 0 Å². The first kappa shape index (κ1) is 32.4. The molecule has 5 nitrogen and oxygen atoms in total. The lowest BCUT2D eigenvalue weighted by Crippen LogP contribution is -2.00. The average molecular weight is 742 g/mol. The Kier molecular flexibility index (Phi) is 7.16. The van der Waals surface area contributed by atoms with Crippen LogP contribution >= 0.6 is 0 Å². The molecule has 9 aromatic carbocycles.